The number of aliphatic hydroxyl groups is 2. The van der Waals surface area contributed by atoms with Crippen molar-refractivity contribution in [3.63, 3.8) is 0 Å². The van der Waals surface area contributed by atoms with Crippen molar-refractivity contribution < 1.29 is 28.0 Å². The summed E-state index contributed by atoms with van der Waals surface area (Å²) in [6.07, 6.45) is -18.0. The molecule has 0 aliphatic rings. The highest BCUT2D eigenvalue weighted by atomic mass is 16.3. The topological polar surface area (TPSA) is 66.5 Å². The molecule has 3 heteroatoms. The largest absolute Gasteiger partial charge is 0.394 e. The molecule has 0 amide bonds. The van der Waals surface area contributed by atoms with Gasteiger partial charge in [-0.2, -0.15) is 0 Å². The summed E-state index contributed by atoms with van der Waals surface area (Å²) in [4.78, 5) is 0. The second-order valence-corrected chi connectivity index (χ2v) is 5.17. The summed E-state index contributed by atoms with van der Waals surface area (Å²) in [5.41, 5.74) is 6.10. The van der Waals surface area contributed by atoms with Gasteiger partial charge < -0.3 is 15.9 Å². The van der Waals surface area contributed by atoms with Gasteiger partial charge in [0.05, 0.1) is 18.8 Å². The fourth-order valence-electron chi connectivity index (χ4n) is 1.85. The first-order valence-electron chi connectivity index (χ1n) is 13.6. The highest BCUT2D eigenvalue weighted by Gasteiger charge is 2.22. The molecule has 0 radical (unpaired) electrons. The van der Waals surface area contributed by atoms with Crippen molar-refractivity contribution in [1.82, 2.24) is 0 Å². The van der Waals surface area contributed by atoms with Gasteiger partial charge in [0, 0.05) is 17.8 Å². The van der Waals surface area contributed by atoms with E-state index in [9.17, 15) is 10.2 Å². The Balaban J connectivity index is 3.03. The van der Waals surface area contributed by atoms with Crippen molar-refractivity contribution in [3.05, 3.63) is 35.4 Å². The lowest BCUT2D eigenvalue weighted by Gasteiger charge is -2.24. The average Bonchev–Trinajstić information content (AvgIpc) is 2.75. The van der Waals surface area contributed by atoms with Gasteiger partial charge in [0.2, 0.25) is 0 Å². The highest BCUT2D eigenvalue weighted by molar-refractivity contribution is 5.23. The van der Waals surface area contributed by atoms with Crippen LogP contribution in [0.3, 0.4) is 0 Å². The van der Waals surface area contributed by atoms with E-state index in [1.807, 2.05) is 0 Å². The van der Waals surface area contributed by atoms with Gasteiger partial charge in [-0.15, -0.1) is 0 Å². The molecule has 22 heavy (non-hydrogen) atoms. The van der Waals surface area contributed by atoms with Crippen LogP contribution in [0.25, 0.3) is 0 Å². The van der Waals surface area contributed by atoms with Crippen molar-refractivity contribution in [2.75, 3.05) is 13.2 Å². The van der Waals surface area contributed by atoms with Crippen molar-refractivity contribution in [1.29, 1.82) is 0 Å². The van der Waals surface area contributed by atoms with E-state index in [4.69, 9.17) is 23.6 Å². The van der Waals surface area contributed by atoms with Crippen LogP contribution in [0, 0.1) is 0 Å². The maximum absolute atomic E-state index is 9.26. The van der Waals surface area contributed by atoms with Gasteiger partial charge in [0.25, 0.3) is 0 Å². The second kappa shape index (κ2) is 10.8. The summed E-state index contributed by atoms with van der Waals surface area (Å²) >= 11 is 0. The zero-order valence-corrected chi connectivity index (χ0v) is 12.5. The number of rotatable bonds is 12. The third kappa shape index (κ3) is 7.39. The van der Waals surface area contributed by atoms with Crippen LogP contribution in [0.15, 0.2) is 24.3 Å². The van der Waals surface area contributed by atoms with E-state index in [1.165, 1.54) is 0 Å². The van der Waals surface area contributed by atoms with Crippen molar-refractivity contribution in [3.8, 4) is 0 Å². The van der Waals surface area contributed by atoms with Gasteiger partial charge in [0.15, 0.2) is 0 Å². The van der Waals surface area contributed by atoms with Crippen molar-refractivity contribution in [2.24, 2.45) is 5.73 Å². The highest BCUT2D eigenvalue weighted by Crippen LogP contribution is 2.14. The van der Waals surface area contributed by atoms with Gasteiger partial charge in [-0.1, -0.05) is 63.0 Å². The minimum absolute atomic E-state index is 0.0634. The van der Waals surface area contributed by atoms with Gasteiger partial charge in [0.1, 0.15) is 0 Å². The molecular weight excluding hydrogens is 274 g/mol. The van der Waals surface area contributed by atoms with Gasteiger partial charge in [-0.05, 0) is 36.8 Å². The molecule has 3 nitrogen and oxygen atoms in total. The van der Waals surface area contributed by atoms with Crippen LogP contribution >= 0.6 is 0 Å². The third-order valence-corrected chi connectivity index (χ3v) is 3.38. The Hall–Kier alpha value is -0.900. The summed E-state index contributed by atoms with van der Waals surface area (Å²) in [5, 5.41) is 18.5. The Labute approximate surface area is 153 Å². The molecule has 0 bridgehead atoms. The van der Waals surface area contributed by atoms with Crippen LogP contribution in [0.2, 0.25) is 0 Å². The maximum Gasteiger partial charge on any atom is 0.0633 e. The van der Waals surface area contributed by atoms with Crippen LogP contribution in [0.5, 0.6) is 0 Å². The minimum atomic E-state index is -3.90. The number of hydrogen-bond acceptors (Lipinski definition) is 3. The molecule has 1 rings (SSSR count). The summed E-state index contributed by atoms with van der Waals surface area (Å²) in [6, 6.07) is 6.69. The van der Waals surface area contributed by atoms with E-state index in [1.54, 1.807) is 24.3 Å². The molecule has 0 heterocycles. The summed E-state index contributed by atoms with van der Waals surface area (Å²) < 4.78 is 101. The number of aliphatic hydroxyl groups excluding tert-OH is 2. The van der Waals surface area contributed by atoms with Crippen LogP contribution in [-0.2, 0) is 12.8 Å². The molecule has 126 valence electrons. The molecule has 0 saturated carbocycles. The Bertz CT molecular complexity index is 834. The molecule has 0 spiro atoms. The molecule has 1 aromatic carbocycles. The Morgan fingerprint density at radius 3 is 2.18 bits per heavy atom. The van der Waals surface area contributed by atoms with Crippen LogP contribution in [-0.4, -0.2) is 29.0 Å². The first kappa shape index (κ1) is 7.33. The molecule has 0 aromatic heterocycles. The average molecular weight is 321 g/mol. The fourth-order valence-corrected chi connectivity index (χ4v) is 1.85. The normalized spacial score (nSPS) is 24.4. The van der Waals surface area contributed by atoms with Crippen LogP contribution in [0.1, 0.15) is 80.5 Å². The second-order valence-electron chi connectivity index (χ2n) is 5.17. The lowest BCUT2D eigenvalue weighted by atomic mass is 9.93. The molecule has 0 aliphatic heterocycles. The number of benzene rings is 1. The fraction of sp³-hybridized carbons (Fsp3) is 0.684. The molecule has 0 saturated heterocycles. The van der Waals surface area contributed by atoms with E-state index in [0.29, 0.717) is 18.4 Å². The van der Waals surface area contributed by atoms with Crippen molar-refractivity contribution in [2.45, 2.75) is 69.9 Å². The number of hydrogen-bond donors (Lipinski definition) is 3. The summed E-state index contributed by atoms with van der Waals surface area (Å²) in [7, 11) is 0. The Morgan fingerprint density at radius 2 is 1.59 bits per heavy atom. The van der Waals surface area contributed by atoms with Gasteiger partial charge in [-0.3, -0.25) is 0 Å². The Morgan fingerprint density at radius 1 is 1.00 bits per heavy atom. The van der Waals surface area contributed by atoms with E-state index < -0.39 is 63.9 Å². The molecular formula is C19H33NO2. The molecule has 0 unspecified atom stereocenters. The Kier molecular flexibility index (Phi) is 3.59. The standard InChI is InChI=1S/C19H33NO2/c1-2-3-4-5-6-7-8-17-9-11-18(12-10-17)13-14-19(20,15-21)16-22/h9-12,21-22H,2-8,13-16,20H2,1H3/i1D3,2D2,3D2,4D2,5D2,6D2. The zero-order chi connectivity index (χ0) is 27.7. The van der Waals surface area contributed by atoms with Crippen molar-refractivity contribution >= 4 is 0 Å². The monoisotopic (exact) mass is 320 g/mol. The van der Waals surface area contributed by atoms with E-state index >= 15 is 0 Å². The predicted octanol–water partition coefficient (Wildman–Crippen LogP) is 3.20. The van der Waals surface area contributed by atoms with Gasteiger partial charge in [-0.25, -0.2) is 0 Å². The van der Waals surface area contributed by atoms with E-state index in [-0.39, 0.29) is 6.42 Å². The van der Waals surface area contributed by atoms with E-state index in [2.05, 4.69) is 0 Å². The molecule has 0 aliphatic carbocycles. The number of nitrogens with two attached hydrogens (primary N) is 1. The molecule has 0 fully saturated rings. The minimum Gasteiger partial charge on any atom is -0.394 e. The van der Waals surface area contributed by atoms with Gasteiger partial charge >= 0.3 is 0 Å². The zero-order valence-electron chi connectivity index (χ0n) is 25.5. The van der Waals surface area contributed by atoms with Crippen LogP contribution in [0.4, 0.5) is 0 Å². The first-order valence-corrected chi connectivity index (χ1v) is 7.11. The maximum atomic E-state index is 9.26. The molecule has 1 aromatic rings. The summed E-state index contributed by atoms with van der Waals surface area (Å²) in [5.74, 6) is 0. The van der Waals surface area contributed by atoms with E-state index in [0.717, 1.165) is 5.56 Å². The quantitative estimate of drug-likeness (QED) is 0.554. The SMILES string of the molecule is [2H]C([2H])([2H])C([2H])([2H])C([2H])([2H])C([2H])([2H])C([2H])([2H])C([2H])([2H])CCc1ccc(CCC(N)(CO)CO)cc1. The van der Waals surface area contributed by atoms with Crippen LogP contribution < -0.4 is 5.73 Å². The predicted molar refractivity (Wildman–Crippen MR) is 92.9 cm³/mol. The first-order chi connectivity index (χ1) is 15.5. The number of aryl methyl sites for hydroxylation is 2. The lowest BCUT2D eigenvalue weighted by molar-refractivity contribution is 0.115. The smallest absolute Gasteiger partial charge is 0.0633 e. The summed E-state index contributed by atoms with van der Waals surface area (Å²) in [6.45, 7) is -4.40. The molecule has 0 atom stereocenters. The third-order valence-electron chi connectivity index (χ3n) is 3.38. The lowest BCUT2D eigenvalue weighted by Crippen LogP contribution is -2.47. The molecule has 4 N–H and O–H groups in total.